The number of aliphatic hydroxyl groups excluding tert-OH is 1. The summed E-state index contributed by atoms with van der Waals surface area (Å²) in [5, 5.41) is 18.1. The second-order valence-electron chi connectivity index (χ2n) is 7.34. The predicted octanol–water partition coefficient (Wildman–Crippen LogP) is 1.75. The summed E-state index contributed by atoms with van der Waals surface area (Å²) in [6.07, 6.45) is 1.64. The van der Waals surface area contributed by atoms with Crippen molar-refractivity contribution in [2.24, 2.45) is 17.8 Å². The molecule has 1 rings (SSSR count). The van der Waals surface area contributed by atoms with Crippen molar-refractivity contribution in [3.8, 4) is 0 Å². The van der Waals surface area contributed by atoms with Crippen LogP contribution in [-0.2, 0) is 33.3 Å². The smallest absolute Gasteiger partial charge is 0.309 e. The Morgan fingerprint density at radius 1 is 1.10 bits per heavy atom. The van der Waals surface area contributed by atoms with Crippen LogP contribution in [0.2, 0.25) is 0 Å². The molecule has 0 aromatic heterocycles. The molecule has 0 saturated carbocycles. The first-order valence-corrected chi connectivity index (χ1v) is 10.3. The number of carbonyl (C=O) groups is 3. The monoisotopic (exact) mass is 418 g/mol. The van der Waals surface area contributed by atoms with Crippen molar-refractivity contribution in [1.82, 2.24) is 0 Å². The van der Waals surface area contributed by atoms with E-state index in [1.807, 2.05) is 6.92 Å². The normalized spacial score (nSPS) is 21.9. The predicted molar refractivity (Wildman–Crippen MR) is 102 cm³/mol. The third-order valence-corrected chi connectivity index (χ3v) is 4.87. The summed E-state index contributed by atoms with van der Waals surface area (Å²) < 4.78 is 21.4. The van der Waals surface area contributed by atoms with Gasteiger partial charge in [-0.15, -0.1) is 0 Å². The zero-order valence-corrected chi connectivity index (χ0v) is 17.5. The van der Waals surface area contributed by atoms with Crippen LogP contribution in [0.3, 0.4) is 0 Å². The van der Waals surface area contributed by atoms with Crippen molar-refractivity contribution < 1.29 is 43.5 Å². The summed E-state index contributed by atoms with van der Waals surface area (Å²) in [4.78, 5) is 36.0. The number of rotatable bonds is 14. The SMILES string of the molecule is CCCC1OCC(COC(=O)C(C)CC(CC(CC)C(=O)O)C(=O)OCCO)O1. The number of carboxylic acids is 1. The fourth-order valence-electron chi connectivity index (χ4n) is 3.16. The molecule has 9 heteroatoms. The maximum atomic E-state index is 12.3. The van der Waals surface area contributed by atoms with Crippen LogP contribution >= 0.6 is 0 Å². The van der Waals surface area contributed by atoms with Gasteiger partial charge in [0, 0.05) is 0 Å². The van der Waals surface area contributed by atoms with Crippen LogP contribution < -0.4 is 0 Å². The van der Waals surface area contributed by atoms with Gasteiger partial charge in [0.25, 0.3) is 0 Å². The maximum Gasteiger partial charge on any atom is 0.309 e. The molecule has 29 heavy (non-hydrogen) atoms. The summed E-state index contributed by atoms with van der Waals surface area (Å²) in [5.41, 5.74) is 0. The molecule has 0 radical (unpaired) electrons. The van der Waals surface area contributed by atoms with Gasteiger partial charge in [0.2, 0.25) is 0 Å². The molecule has 1 aliphatic rings. The van der Waals surface area contributed by atoms with Gasteiger partial charge in [-0.2, -0.15) is 0 Å². The molecule has 1 fully saturated rings. The molecule has 168 valence electrons. The molecule has 5 unspecified atom stereocenters. The molecule has 0 spiro atoms. The van der Waals surface area contributed by atoms with Crippen LogP contribution in [0.1, 0.15) is 52.9 Å². The fourth-order valence-corrected chi connectivity index (χ4v) is 3.16. The largest absolute Gasteiger partial charge is 0.481 e. The van der Waals surface area contributed by atoms with Crippen molar-refractivity contribution in [2.75, 3.05) is 26.4 Å². The van der Waals surface area contributed by atoms with E-state index in [1.54, 1.807) is 13.8 Å². The first-order chi connectivity index (χ1) is 13.8. The van der Waals surface area contributed by atoms with Gasteiger partial charge in [-0.25, -0.2) is 0 Å². The number of aliphatic carboxylic acids is 1. The first kappa shape index (κ1) is 25.3. The zero-order valence-electron chi connectivity index (χ0n) is 17.5. The van der Waals surface area contributed by atoms with Gasteiger partial charge in [-0.1, -0.05) is 27.2 Å². The molecule has 1 heterocycles. The molecule has 0 aliphatic carbocycles. The Morgan fingerprint density at radius 3 is 2.41 bits per heavy atom. The van der Waals surface area contributed by atoms with Crippen molar-refractivity contribution in [2.45, 2.75) is 65.3 Å². The number of esters is 2. The van der Waals surface area contributed by atoms with E-state index >= 15 is 0 Å². The summed E-state index contributed by atoms with van der Waals surface area (Å²) >= 11 is 0. The molecule has 0 aromatic rings. The lowest BCUT2D eigenvalue weighted by Gasteiger charge is -2.22. The van der Waals surface area contributed by atoms with Crippen LogP contribution in [0.25, 0.3) is 0 Å². The molecular formula is C20H34O9. The Kier molecular flexibility index (Phi) is 11.8. The number of ether oxygens (including phenoxy) is 4. The summed E-state index contributed by atoms with van der Waals surface area (Å²) in [5.74, 6) is -4.22. The first-order valence-electron chi connectivity index (χ1n) is 10.3. The van der Waals surface area contributed by atoms with Crippen LogP contribution in [0, 0.1) is 17.8 Å². The highest BCUT2D eigenvalue weighted by Crippen LogP contribution is 2.25. The van der Waals surface area contributed by atoms with E-state index in [-0.39, 0.29) is 45.1 Å². The van der Waals surface area contributed by atoms with Crippen LogP contribution in [-0.4, -0.2) is 66.9 Å². The minimum Gasteiger partial charge on any atom is -0.481 e. The van der Waals surface area contributed by atoms with E-state index < -0.39 is 35.7 Å². The highest BCUT2D eigenvalue weighted by Gasteiger charge is 2.32. The lowest BCUT2D eigenvalue weighted by atomic mass is 9.86. The maximum absolute atomic E-state index is 12.3. The minimum absolute atomic E-state index is 0.0615. The van der Waals surface area contributed by atoms with Crippen molar-refractivity contribution in [3.05, 3.63) is 0 Å². The Balaban J connectivity index is 2.58. The molecule has 9 nitrogen and oxygen atoms in total. The highest BCUT2D eigenvalue weighted by molar-refractivity contribution is 5.77. The van der Waals surface area contributed by atoms with E-state index in [0.717, 1.165) is 12.8 Å². The van der Waals surface area contributed by atoms with Gasteiger partial charge >= 0.3 is 17.9 Å². The number of carbonyl (C=O) groups excluding carboxylic acids is 2. The van der Waals surface area contributed by atoms with Gasteiger partial charge in [0.15, 0.2) is 6.29 Å². The molecule has 0 aromatic carbocycles. The molecule has 1 saturated heterocycles. The fraction of sp³-hybridized carbons (Fsp3) is 0.850. The summed E-state index contributed by atoms with van der Waals surface area (Å²) in [6.45, 7) is 5.31. The zero-order chi connectivity index (χ0) is 21.8. The van der Waals surface area contributed by atoms with Gasteiger partial charge < -0.3 is 29.2 Å². The van der Waals surface area contributed by atoms with Crippen LogP contribution in [0.5, 0.6) is 0 Å². The minimum atomic E-state index is -0.997. The second kappa shape index (κ2) is 13.5. The van der Waals surface area contributed by atoms with Gasteiger partial charge in [-0.3, -0.25) is 14.4 Å². The second-order valence-corrected chi connectivity index (χ2v) is 7.34. The third kappa shape index (κ3) is 9.10. The molecule has 1 aliphatic heterocycles. The van der Waals surface area contributed by atoms with Gasteiger partial charge in [-0.05, 0) is 25.7 Å². The van der Waals surface area contributed by atoms with Gasteiger partial charge in [0.1, 0.15) is 19.3 Å². The van der Waals surface area contributed by atoms with E-state index in [9.17, 15) is 19.5 Å². The Bertz CT molecular complexity index is 522. The van der Waals surface area contributed by atoms with Gasteiger partial charge in [0.05, 0.1) is 31.0 Å². The Morgan fingerprint density at radius 2 is 1.83 bits per heavy atom. The van der Waals surface area contributed by atoms with Crippen LogP contribution in [0.4, 0.5) is 0 Å². The third-order valence-electron chi connectivity index (χ3n) is 4.87. The highest BCUT2D eigenvalue weighted by atomic mass is 16.7. The molecule has 2 N–H and O–H groups in total. The van der Waals surface area contributed by atoms with E-state index in [0.29, 0.717) is 13.0 Å². The molecular weight excluding hydrogens is 384 g/mol. The lowest BCUT2D eigenvalue weighted by molar-refractivity contribution is -0.156. The topological polar surface area (TPSA) is 129 Å². The Hall–Kier alpha value is -1.71. The van der Waals surface area contributed by atoms with Crippen LogP contribution in [0.15, 0.2) is 0 Å². The van der Waals surface area contributed by atoms with Crippen molar-refractivity contribution >= 4 is 17.9 Å². The van der Waals surface area contributed by atoms with Crippen molar-refractivity contribution in [1.29, 1.82) is 0 Å². The Labute approximate surface area is 171 Å². The number of hydrogen-bond donors (Lipinski definition) is 2. The molecule has 0 amide bonds. The number of carboxylic acid groups (broad SMARTS) is 1. The number of hydrogen-bond acceptors (Lipinski definition) is 8. The lowest BCUT2D eigenvalue weighted by Crippen LogP contribution is -2.30. The molecule has 0 bridgehead atoms. The van der Waals surface area contributed by atoms with Crippen molar-refractivity contribution in [3.63, 3.8) is 0 Å². The quantitative estimate of drug-likeness (QED) is 0.405. The van der Waals surface area contributed by atoms with E-state index in [2.05, 4.69) is 0 Å². The summed E-state index contributed by atoms with van der Waals surface area (Å²) in [7, 11) is 0. The average Bonchev–Trinajstić information content (AvgIpc) is 3.14. The summed E-state index contributed by atoms with van der Waals surface area (Å²) in [6, 6.07) is 0. The standard InChI is InChI=1S/C20H34O9/c1-4-6-17-27-11-16(29-17)12-28-19(24)13(3)9-15(20(25)26-8-7-21)10-14(5-2)18(22)23/h13-17,21H,4-12H2,1-3H3,(H,22,23). The number of aliphatic hydroxyl groups is 1. The average molecular weight is 418 g/mol. The van der Waals surface area contributed by atoms with E-state index in [1.165, 1.54) is 0 Å². The van der Waals surface area contributed by atoms with E-state index in [4.69, 9.17) is 24.1 Å². The molecule has 5 atom stereocenters.